The van der Waals surface area contributed by atoms with Gasteiger partial charge in [0, 0.05) is 22.2 Å². The van der Waals surface area contributed by atoms with E-state index in [0.29, 0.717) is 22.6 Å². The first-order valence-corrected chi connectivity index (χ1v) is 9.65. The van der Waals surface area contributed by atoms with E-state index in [4.69, 9.17) is 0 Å². The number of halogens is 1. The van der Waals surface area contributed by atoms with Crippen molar-refractivity contribution in [3.8, 4) is 16.9 Å². The van der Waals surface area contributed by atoms with Crippen LogP contribution in [0.4, 0.5) is 17.1 Å². The van der Waals surface area contributed by atoms with Gasteiger partial charge in [0.1, 0.15) is 0 Å². The van der Waals surface area contributed by atoms with Gasteiger partial charge in [-0.15, -0.1) is 10.2 Å². The van der Waals surface area contributed by atoms with Gasteiger partial charge >= 0.3 is 0 Å². The second kappa shape index (κ2) is 8.26. The van der Waals surface area contributed by atoms with Crippen LogP contribution in [0, 0.1) is 10.1 Å². The average molecular weight is 464 g/mol. The van der Waals surface area contributed by atoms with Gasteiger partial charge < -0.3 is 0 Å². The third kappa shape index (κ3) is 3.83. The van der Waals surface area contributed by atoms with Gasteiger partial charge in [-0.2, -0.15) is 0 Å². The Hall–Kier alpha value is -3.85. The summed E-state index contributed by atoms with van der Waals surface area (Å²) < 4.78 is 2.11. The summed E-state index contributed by atoms with van der Waals surface area (Å²) in [6, 6.07) is 22.2. The minimum atomic E-state index is -0.477. The van der Waals surface area contributed by atoms with Crippen LogP contribution in [0.3, 0.4) is 0 Å². The van der Waals surface area contributed by atoms with E-state index < -0.39 is 4.92 Å². The molecule has 0 aliphatic heterocycles. The van der Waals surface area contributed by atoms with Gasteiger partial charge in [0.25, 0.3) is 11.2 Å². The number of nitrogens with zero attached hydrogens (tertiary/aromatic N) is 4. The summed E-state index contributed by atoms with van der Waals surface area (Å²) in [4.78, 5) is 23.6. The minimum absolute atomic E-state index is 0.0417. The highest BCUT2D eigenvalue weighted by Crippen LogP contribution is 2.31. The monoisotopic (exact) mass is 463 g/mol. The number of hydrogen-bond acceptors (Lipinski definition) is 5. The molecular formula is C21H14BrN5O3. The lowest BCUT2D eigenvalue weighted by atomic mass is 10.1. The van der Waals surface area contributed by atoms with Crippen molar-refractivity contribution in [3.63, 3.8) is 0 Å². The number of azo groups is 1. The van der Waals surface area contributed by atoms with Gasteiger partial charge in [-0.25, -0.2) is 4.68 Å². The molecule has 0 atom stereocenters. The predicted octanol–water partition coefficient (Wildman–Crippen LogP) is 5.92. The molecule has 0 aliphatic rings. The normalized spacial score (nSPS) is 11.1. The molecule has 30 heavy (non-hydrogen) atoms. The summed E-state index contributed by atoms with van der Waals surface area (Å²) in [5.41, 5.74) is 1.86. The molecule has 0 amide bonds. The molecule has 4 rings (SSSR count). The maximum atomic E-state index is 13.1. The molecule has 0 aliphatic carbocycles. The molecular weight excluding hydrogens is 450 g/mol. The van der Waals surface area contributed by atoms with Crippen molar-refractivity contribution in [3.05, 3.63) is 104 Å². The number of aromatic nitrogens is 2. The molecule has 9 heteroatoms. The molecule has 0 unspecified atom stereocenters. The minimum Gasteiger partial charge on any atom is -0.288 e. The van der Waals surface area contributed by atoms with Crippen LogP contribution in [0.25, 0.3) is 16.9 Å². The quantitative estimate of drug-likeness (QED) is 0.225. The molecule has 0 bridgehead atoms. The van der Waals surface area contributed by atoms with Gasteiger partial charge in [0.15, 0.2) is 5.69 Å². The predicted molar refractivity (Wildman–Crippen MR) is 117 cm³/mol. The number of nitro groups is 1. The zero-order chi connectivity index (χ0) is 21.1. The SMILES string of the molecule is O=c1c(N=Nc2ccccc2Br)c(-c2ccc([N+](=O)[O-])cc2)[nH]n1-c1ccccc1. The van der Waals surface area contributed by atoms with Crippen molar-refractivity contribution in [2.75, 3.05) is 0 Å². The molecule has 0 fully saturated rings. The Kier molecular flexibility index (Phi) is 5.36. The number of rotatable bonds is 5. The van der Waals surface area contributed by atoms with E-state index in [1.807, 2.05) is 36.4 Å². The Morgan fingerprint density at radius 2 is 1.57 bits per heavy atom. The first-order chi connectivity index (χ1) is 14.5. The smallest absolute Gasteiger partial charge is 0.288 e. The van der Waals surface area contributed by atoms with Crippen LogP contribution in [0.5, 0.6) is 0 Å². The highest BCUT2D eigenvalue weighted by atomic mass is 79.9. The van der Waals surface area contributed by atoms with E-state index in [0.717, 1.165) is 4.47 Å². The molecule has 4 aromatic rings. The first kappa shape index (κ1) is 19.5. The van der Waals surface area contributed by atoms with Crippen LogP contribution in [0.15, 0.2) is 98.4 Å². The molecule has 0 saturated carbocycles. The third-order valence-electron chi connectivity index (χ3n) is 4.36. The fourth-order valence-corrected chi connectivity index (χ4v) is 3.23. The Bertz CT molecular complexity index is 1290. The van der Waals surface area contributed by atoms with Crippen LogP contribution in [0.1, 0.15) is 0 Å². The largest absolute Gasteiger partial charge is 0.299 e. The average Bonchev–Trinajstić information content (AvgIpc) is 3.10. The van der Waals surface area contributed by atoms with Crippen LogP contribution >= 0.6 is 15.9 Å². The van der Waals surface area contributed by atoms with Crippen LogP contribution in [-0.4, -0.2) is 14.7 Å². The van der Waals surface area contributed by atoms with Crippen molar-refractivity contribution < 1.29 is 4.92 Å². The zero-order valence-corrected chi connectivity index (χ0v) is 17.0. The Balaban J connectivity index is 1.86. The lowest BCUT2D eigenvalue weighted by Crippen LogP contribution is -2.13. The van der Waals surface area contributed by atoms with Crippen molar-refractivity contribution in [1.82, 2.24) is 9.78 Å². The molecule has 1 heterocycles. The number of nitro benzene ring substituents is 1. The van der Waals surface area contributed by atoms with Crippen molar-refractivity contribution in [1.29, 1.82) is 0 Å². The van der Waals surface area contributed by atoms with Crippen LogP contribution < -0.4 is 5.56 Å². The second-order valence-electron chi connectivity index (χ2n) is 6.27. The first-order valence-electron chi connectivity index (χ1n) is 8.86. The second-order valence-corrected chi connectivity index (χ2v) is 7.12. The van der Waals surface area contributed by atoms with Crippen molar-refractivity contribution in [2.24, 2.45) is 10.2 Å². The van der Waals surface area contributed by atoms with Gasteiger partial charge in [0.2, 0.25) is 0 Å². The Labute approximate surface area is 178 Å². The van der Waals surface area contributed by atoms with Gasteiger partial charge in [0.05, 0.1) is 22.0 Å². The van der Waals surface area contributed by atoms with E-state index in [-0.39, 0.29) is 16.9 Å². The number of H-pyrrole nitrogens is 1. The van der Waals surface area contributed by atoms with Crippen LogP contribution in [0.2, 0.25) is 0 Å². The van der Waals surface area contributed by atoms with E-state index in [2.05, 4.69) is 31.3 Å². The van der Waals surface area contributed by atoms with Gasteiger partial charge in [-0.3, -0.25) is 20.0 Å². The number of aromatic amines is 1. The molecule has 3 aromatic carbocycles. The number of hydrogen-bond donors (Lipinski definition) is 1. The van der Waals surface area contributed by atoms with E-state index in [9.17, 15) is 14.9 Å². The van der Waals surface area contributed by atoms with Crippen molar-refractivity contribution in [2.45, 2.75) is 0 Å². The summed E-state index contributed by atoms with van der Waals surface area (Å²) >= 11 is 3.41. The fourth-order valence-electron chi connectivity index (χ4n) is 2.87. The maximum absolute atomic E-state index is 13.1. The van der Waals surface area contributed by atoms with Crippen LogP contribution in [-0.2, 0) is 0 Å². The van der Waals surface area contributed by atoms with E-state index >= 15 is 0 Å². The molecule has 1 N–H and O–H groups in total. The summed E-state index contributed by atoms with van der Waals surface area (Å²) in [5, 5.41) is 22.4. The number of para-hydroxylation sites is 1. The molecule has 0 radical (unpaired) electrons. The molecule has 1 aromatic heterocycles. The number of non-ortho nitro benzene ring substituents is 1. The summed E-state index contributed by atoms with van der Waals surface area (Å²) in [7, 11) is 0. The standard InChI is InChI=1S/C21H14BrN5O3/c22-17-8-4-5-9-18(17)23-24-20-19(14-10-12-16(13-11-14)27(29)30)25-26(21(20)28)15-6-2-1-3-7-15/h1-13,25H. The lowest BCUT2D eigenvalue weighted by molar-refractivity contribution is -0.384. The maximum Gasteiger partial charge on any atom is 0.299 e. The lowest BCUT2D eigenvalue weighted by Gasteiger charge is -2.01. The van der Waals surface area contributed by atoms with Gasteiger partial charge in [-0.1, -0.05) is 30.3 Å². The van der Waals surface area contributed by atoms with Gasteiger partial charge in [-0.05, 0) is 52.3 Å². The van der Waals surface area contributed by atoms with E-state index in [1.165, 1.54) is 16.8 Å². The van der Waals surface area contributed by atoms with E-state index in [1.54, 1.807) is 30.3 Å². The van der Waals surface area contributed by atoms with Crippen molar-refractivity contribution >= 4 is 33.0 Å². The summed E-state index contributed by atoms with van der Waals surface area (Å²) in [6.07, 6.45) is 0. The Morgan fingerprint density at radius 3 is 2.23 bits per heavy atom. The summed E-state index contributed by atoms with van der Waals surface area (Å²) in [5.74, 6) is 0. The third-order valence-corrected chi connectivity index (χ3v) is 5.03. The fraction of sp³-hybridized carbons (Fsp3) is 0. The number of benzene rings is 3. The zero-order valence-electron chi connectivity index (χ0n) is 15.4. The summed E-state index contributed by atoms with van der Waals surface area (Å²) in [6.45, 7) is 0. The Morgan fingerprint density at radius 1 is 0.900 bits per heavy atom. The number of nitrogens with one attached hydrogen (secondary N) is 1. The highest BCUT2D eigenvalue weighted by Gasteiger charge is 2.18. The highest BCUT2D eigenvalue weighted by molar-refractivity contribution is 9.10. The molecule has 8 nitrogen and oxygen atoms in total. The topological polar surface area (TPSA) is 106 Å². The molecule has 148 valence electrons. The molecule has 0 spiro atoms. The molecule has 0 saturated heterocycles.